The summed E-state index contributed by atoms with van der Waals surface area (Å²) >= 11 is 6.50. The fourth-order valence-corrected chi connectivity index (χ4v) is 15.8. The maximum atomic E-state index is 15.7. The molecule has 0 radical (unpaired) electrons. The number of aryl methyl sites for hydroxylation is 1. The average molecular weight is 1810 g/mol. The maximum absolute atomic E-state index is 15.7. The zero-order valence-electron chi connectivity index (χ0n) is 71.9. The molecule has 1 fully saturated rings. The van der Waals surface area contributed by atoms with Crippen molar-refractivity contribution >= 4 is 132 Å². The van der Waals surface area contributed by atoms with E-state index >= 15 is 24.0 Å². The largest absolute Gasteiger partial charge is 0.370 e. The molecule has 130 heavy (non-hydrogen) atoms. The Morgan fingerprint density at radius 3 is 1.54 bits per heavy atom. The molecule has 4 heterocycles. The first kappa shape index (κ1) is 97.5. The second-order valence-corrected chi connectivity index (χ2v) is 32.5. The van der Waals surface area contributed by atoms with Crippen LogP contribution >= 0.6 is 11.6 Å². The lowest BCUT2D eigenvalue weighted by molar-refractivity contribution is -0.141. The number of nitrogens with zero attached hydrogens (tertiary/aromatic N) is 5. The van der Waals surface area contributed by atoms with Crippen LogP contribution in [-0.2, 0) is 74.1 Å². The zero-order valence-corrected chi connectivity index (χ0v) is 72.7. The monoisotopic (exact) mass is 1810 g/mol. The Kier molecular flexibility index (Phi) is 35.4. The van der Waals surface area contributed by atoms with E-state index in [4.69, 9.17) is 44.6 Å². The molecule has 1 aliphatic rings. The zero-order chi connectivity index (χ0) is 93.7. The van der Waals surface area contributed by atoms with Crippen molar-refractivity contribution in [1.82, 2.24) is 97.0 Å². The van der Waals surface area contributed by atoms with Gasteiger partial charge < -0.3 is 90.6 Å². The Bertz CT molecular complexity index is 6030. The van der Waals surface area contributed by atoms with Gasteiger partial charge in [-0.25, -0.2) is 19.4 Å². The molecule has 10 rings (SSSR count). The molecule has 41 nitrogen and oxygen atoms in total. The van der Waals surface area contributed by atoms with Gasteiger partial charge in [0.1, 0.15) is 42.3 Å². The molecule has 1 saturated carbocycles. The number of primary amides is 1. The predicted molar refractivity (Wildman–Crippen MR) is 485 cm³/mol. The number of nitrogens with two attached hydrogens (primary N) is 3. The van der Waals surface area contributed by atoms with Crippen molar-refractivity contribution in [2.24, 2.45) is 23.1 Å². The fraction of sp³-hybridized carbons (Fsp3) is 0.409. The number of benzene rings is 5. The number of amides is 11. The van der Waals surface area contributed by atoms with Crippen molar-refractivity contribution < 1.29 is 52.7 Å². The first-order valence-electron chi connectivity index (χ1n) is 42.9. The number of fused-ring (bicyclic) bond motifs is 4. The third-order valence-corrected chi connectivity index (χ3v) is 22.4. The van der Waals surface area contributed by atoms with Gasteiger partial charge in [0.25, 0.3) is 22.6 Å². The Labute approximate surface area is 748 Å². The summed E-state index contributed by atoms with van der Waals surface area (Å²) in [5, 5.41) is 46.1. The topological polar surface area (TPSA) is 627 Å². The number of carbonyl (C=O) groups excluding carboxylic acids is 11. The Balaban J connectivity index is 0.877. The van der Waals surface area contributed by atoms with Gasteiger partial charge in [0, 0.05) is 73.6 Å². The van der Waals surface area contributed by atoms with Gasteiger partial charge in [0.15, 0.2) is 11.9 Å². The lowest BCUT2D eigenvalue weighted by atomic mass is 9.84. The molecule has 42 heteroatoms. The molecule has 0 spiro atoms. The van der Waals surface area contributed by atoms with E-state index in [0.717, 1.165) is 22.1 Å². The third-order valence-electron chi connectivity index (χ3n) is 22.2. The van der Waals surface area contributed by atoms with E-state index < -0.39 is 167 Å². The number of H-pyrrole nitrogens is 3. The van der Waals surface area contributed by atoms with Crippen LogP contribution in [0.3, 0.4) is 0 Å². The number of pyridine rings is 1. The van der Waals surface area contributed by atoms with Crippen LogP contribution in [0, 0.1) is 23.7 Å². The summed E-state index contributed by atoms with van der Waals surface area (Å²) in [7, 11) is 0. The minimum Gasteiger partial charge on any atom is -0.370 e. The van der Waals surface area contributed by atoms with Crippen LogP contribution in [0.25, 0.3) is 43.6 Å². The lowest BCUT2D eigenvalue weighted by Crippen LogP contribution is -2.62. The van der Waals surface area contributed by atoms with Gasteiger partial charge in [0.05, 0.1) is 64.6 Å². The van der Waals surface area contributed by atoms with Gasteiger partial charge in [-0.2, -0.15) is 0 Å². The van der Waals surface area contributed by atoms with Crippen LogP contribution in [0.15, 0.2) is 156 Å². The molecule has 4 aromatic heterocycles. The molecule has 0 aliphatic heterocycles. The molecule has 0 unspecified atom stereocenters. The minimum atomic E-state index is -2.22. The molecule has 9 aromatic rings. The van der Waals surface area contributed by atoms with Gasteiger partial charge in [-0.15, -0.1) is 0 Å². The first-order valence-corrected chi connectivity index (χ1v) is 43.3. The van der Waals surface area contributed by atoms with Crippen LogP contribution < -0.4 is 109 Å². The molecular weight excluding hydrogens is 1700 g/mol. The quantitative estimate of drug-likeness (QED) is 0.0106. The SMILES string of the molecule is CC(=O)N[C@@H](CCCCNC(=O)c1c2ccccc2nc2ccccc12)C(=O)NCCCCCC(=O)N[C@@H](CCCNC(=N)N)C(=O)N(CC(=O)N[C@@H](CC1CCCCC1)C(=O)N[C@@H](Cn1c(=O)[nH]c2ccccc2c1=O)C(=O)N[C@@H](Cn1c(=O)[nH]c2ccccc2c1=O)C(=O)N[C@@H](Cn1cc(C)c(=O)[nH]c1=O)C(=O)N[C@@H](CCCNC(=N)N)C(N)=O)Cc1cccc(Cl)c1. The van der Waals surface area contributed by atoms with Crippen molar-refractivity contribution in [2.75, 3.05) is 32.7 Å². The number of guanidine groups is 2. The third kappa shape index (κ3) is 27.9. The summed E-state index contributed by atoms with van der Waals surface area (Å²) < 4.78 is 1.94. The van der Waals surface area contributed by atoms with Gasteiger partial charge in [0.2, 0.25) is 59.1 Å². The van der Waals surface area contributed by atoms with Gasteiger partial charge in [-0.05, 0) is 131 Å². The highest BCUT2D eigenvalue weighted by atomic mass is 35.5. The molecular formula is C88H109ClN24O17. The number of hydrogen-bond donors (Lipinski definition) is 19. The summed E-state index contributed by atoms with van der Waals surface area (Å²) in [5.41, 5.74) is 13.0. The van der Waals surface area contributed by atoms with E-state index in [1.54, 1.807) is 24.3 Å². The Hall–Kier alpha value is -14.7. The van der Waals surface area contributed by atoms with Crippen LogP contribution in [0.1, 0.15) is 138 Å². The van der Waals surface area contributed by atoms with Gasteiger partial charge in [-0.1, -0.05) is 123 Å². The van der Waals surface area contributed by atoms with Crippen molar-refractivity contribution in [1.29, 1.82) is 10.8 Å². The molecule has 690 valence electrons. The van der Waals surface area contributed by atoms with Crippen LogP contribution in [0.5, 0.6) is 0 Å². The van der Waals surface area contributed by atoms with Gasteiger partial charge >= 0.3 is 17.1 Å². The number of nitrogens with one attached hydrogen (secondary N) is 16. The molecule has 11 amide bonds. The van der Waals surface area contributed by atoms with Crippen LogP contribution in [0.4, 0.5) is 0 Å². The summed E-state index contributed by atoms with van der Waals surface area (Å²) in [4.78, 5) is 255. The van der Waals surface area contributed by atoms with Crippen molar-refractivity contribution in [3.63, 3.8) is 0 Å². The second kappa shape index (κ2) is 47.2. The smallest absolute Gasteiger partial charge is 0.328 e. The fourth-order valence-electron chi connectivity index (χ4n) is 15.6. The number of carbonyl (C=O) groups is 11. The number of rotatable bonds is 46. The number of aromatic amines is 3. The van der Waals surface area contributed by atoms with Crippen molar-refractivity contribution in [3.05, 3.63) is 212 Å². The van der Waals surface area contributed by atoms with E-state index in [0.29, 0.717) is 100.0 Å². The predicted octanol–water partition coefficient (Wildman–Crippen LogP) is 0.308. The second-order valence-electron chi connectivity index (χ2n) is 32.1. The standard InChI is InChI=1S/C88H109ClN24O17/c1-50-44-111(86(128)109-74(50)118)46-67(77(121)103-63(73(90)117)35-20-40-97-84(91)92)104-78(122)69(48-113-82(126)58-29-11-15-33-62(58)108-88(113)130)106-79(123)68(47-112-81(125)57-28-10-14-32-61(57)107-87(112)129)105-76(120)66(43-52-22-5-3-6-23-52)102-71(116)49-110(45-53-24-19-25-54(89)42-53)83(127)65(36-21-41-98-85(93)94)101-70(115)37-7-4-17-38-95-75(119)64(99-51(2)114)34-16-18-39-96-80(124)72-55-26-8-12-30-59(55)100-60-31-13-9-27-56(60)72/h8-15,19,24-33,42,44,52,63-69H,3-7,16-18,20-23,34-41,43,45-49H2,1-2H3,(H2,90,117)(H,95,119)(H,96,124)(H,99,114)(H,101,115)(H,102,116)(H,103,121)(H,104,122)(H,105,120)(H,106,123)(H,107,129)(H,108,130)(H4,91,92,97)(H4,93,94,98)(H,109,118,128)/t63-,64-,65-,66-,67-,68-,69-/m0/s1. The van der Waals surface area contributed by atoms with E-state index in [1.165, 1.54) is 62.4 Å². The lowest BCUT2D eigenvalue weighted by Gasteiger charge is -2.31. The van der Waals surface area contributed by atoms with Crippen LogP contribution in [-0.4, -0.2) is 190 Å². The molecule has 5 aromatic carbocycles. The summed E-state index contributed by atoms with van der Waals surface area (Å²) in [6, 6.07) is 21.0. The molecule has 7 atom stereocenters. The number of aromatic nitrogens is 7. The molecule has 0 saturated heterocycles. The Morgan fingerprint density at radius 2 is 0.985 bits per heavy atom. The van der Waals surface area contributed by atoms with E-state index in [2.05, 4.69) is 73.4 Å². The van der Waals surface area contributed by atoms with Crippen molar-refractivity contribution in [2.45, 2.75) is 191 Å². The normalized spacial score (nSPS) is 13.7. The summed E-state index contributed by atoms with van der Waals surface area (Å²) in [6.07, 6.45) is 6.51. The van der Waals surface area contributed by atoms with E-state index in [1.807, 2.05) is 48.5 Å². The summed E-state index contributed by atoms with van der Waals surface area (Å²) in [6.45, 7) is -0.878. The molecule has 1 aliphatic carbocycles. The number of para-hydroxylation sites is 4. The average Bonchev–Trinajstić information content (AvgIpc) is 0.761. The molecule has 0 bridgehead atoms. The minimum absolute atomic E-state index is 0.0323. The van der Waals surface area contributed by atoms with E-state index in [9.17, 15) is 57.5 Å². The number of hydrogen-bond acceptors (Lipinski definition) is 20. The highest BCUT2D eigenvalue weighted by Crippen LogP contribution is 2.29. The molecule has 22 N–H and O–H groups in total. The number of halogens is 1. The summed E-state index contributed by atoms with van der Waals surface area (Å²) in [5.74, 6) is -10.7. The van der Waals surface area contributed by atoms with E-state index in [-0.39, 0.29) is 128 Å². The van der Waals surface area contributed by atoms with Crippen LogP contribution in [0.2, 0.25) is 5.02 Å². The Morgan fingerprint density at radius 1 is 0.492 bits per heavy atom. The first-order chi connectivity index (χ1) is 62.3. The highest BCUT2D eigenvalue weighted by molar-refractivity contribution is 6.30. The van der Waals surface area contributed by atoms with Gasteiger partial charge in [-0.3, -0.25) is 96.6 Å². The highest BCUT2D eigenvalue weighted by Gasteiger charge is 2.37. The maximum Gasteiger partial charge on any atom is 0.328 e. The van der Waals surface area contributed by atoms with Crippen molar-refractivity contribution in [3.8, 4) is 0 Å². The number of unbranched alkanes of at least 4 members (excludes halogenated alkanes) is 3.